The van der Waals surface area contributed by atoms with Crippen LogP contribution < -0.4 is 54.4 Å². The van der Waals surface area contributed by atoms with Gasteiger partial charge in [0.1, 0.15) is 87.3 Å². The summed E-state index contributed by atoms with van der Waals surface area (Å²) in [6.45, 7) is 2.86. The van der Waals surface area contributed by atoms with Crippen molar-refractivity contribution in [2.24, 2.45) is 28.2 Å². The first-order chi connectivity index (χ1) is 66.1. The maximum Gasteiger partial charge on any atom is 0.412 e. The molecule has 14 rings (SSSR count). The molecule has 5 heterocycles. The number of nitrogens with zero attached hydrogens (tertiary/aromatic N) is 8. The third kappa shape index (κ3) is 22.4. The fraction of sp³-hybridized carbons (Fsp3) is 0.250. The summed E-state index contributed by atoms with van der Waals surface area (Å²) in [6, 6.07) is 25.6. The van der Waals surface area contributed by atoms with Crippen molar-refractivity contribution in [1.82, 2.24) is 49.2 Å². The minimum absolute atomic E-state index is 0.168. The van der Waals surface area contributed by atoms with Crippen molar-refractivity contribution in [2.75, 3.05) is 37.3 Å². The van der Waals surface area contributed by atoms with Crippen LogP contribution in [-0.2, 0) is 76.0 Å². The Balaban J connectivity index is 0.000000188. The number of halogens is 17. The third-order valence-electron chi connectivity index (χ3n) is 23.0. The quantitative estimate of drug-likeness (QED) is 0.0167. The number of amides is 3. The number of aryl methyl sites for hydroxylation is 1. The molecule has 0 radical (unpaired) electrons. The Labute approximate surface area is 792 Å². The average molecular weight is 1990 g/mol. The van der Waals surface area contributed by atoms with E-state index in [1.54, 1.807) is 98.0 Å². The number of benzene rings is 8. The van der Waals surface area contributed by atoms with Crippen molar-refractivity contribution in [1.29, 1.82) is 5.26 Å². The molecule has 0 aliphatic heterocycles. The fourth-order valence-electron chi connectivity index (χ4n) is 15.6. The van der Waals surface area contributed by atoms with Gasteiger partial charge < -0.3 is 55.2 Å². The van der Waals surface area contributed by atoms with Crippen LogP contribution in [0, 0.1) is 53.2 Å². The van der Waals surface area contributed by atoms with E-state index in [0.29, 0.717) is 124 Å². The largest absolute Gasteiger partial charge is 0.467 e. The van der Waals surface area contributed by atoms with Crippen LogP contribution in [0.15, 0.2) is 196 Å². The first-order valence-corrected chi connectivity index (χ1v) is 42.6. The summed E-state index contributed by atoms with van der Waals surface area (Å²) in [5, 5.41) is 24.1. The van der Waals surface area contributed by atoms with Crippen LogP contribution in [0.1, 0.15) is 96.8 Å². The topological polar surface area (TPSA) is 353 Å². The lowest BCUT2D eigenvalue weighted by Gasteiger charge is -2.24. The van der Waals surface area contributed by atoms with Crippen molar-refractivity contribution < 1.29 is 109 Å². The number of carbonyl (C=O) groups excluding carboxylic acids is 6. The number of nitriles is 1. The SMILES string of the molecule is CC[C@@H](Nc1cc(F)c(C(=O)N[C@@H](Cc2ccc(-c3c(C)n(C)c(=O)n(C)c3=O)c3ncccc23)C(=O)OC)c(F)c1)C(F)(F)F.COC(=O)[C@H](Cc1ccc(-c2ccc(C#N)cc2Cl)c2ncccc12)NC(=O)c1c(F)cc(NC2(C(F)(F)F)CC2)cc1F.COC(=O)[C@H](Cc1ccc(-c2cn(C)c(=O)n(C)c2=O)c2ncccc12)NC(=O)c1c(F)cc(N[C@H](c2ccc(Cl)cc2)C(F)(F)F)cc1F. The van der Waals surface area contributed by atoms with Crippen LogP contribution >= 0.6 is 23.2 Å². The van der Waals surface area contributed by atoms with Gasteiger partial charge in [0, 0.05) is 143 Å². The number of aromatic nitrogens is 7. The molecule has 1 saturated carbocycles. The molecule has 1 aliphatic carbocycles. The minimum Gasteiger partial charge on any atom is -0.467 e. The zero-order chi connectivity index (χ0) is 102. The molecule has 5 aromatic heterocycles. The molecule has 44 heteroatoms. The van der Waals surface area contributed by atoms with E-state index in [9.17, 15) is 105 Å². The van der Waals surface area contributed by atoms with Crippen molar-refractivity contribution >= 4 is 109 Å². The van der Waals surface area contributed by atoms with E-state index in [4.69, 9.17) is 42.7 Å². The first-order valence-electron chi connectivity index (χ1n) is 41.8. The summed E-state index contributed by atoms with van der Waals surface area (Å²) in [4.78, 5) is 142. The van der Waals surface area contributed by atoms with Crippen LogP contribution in [0.4, 0.5) is 82.9 Å². The second-order valence-corrected chi connectivity index (χ2v) is 32.9. The Bertz CT molecular complexity index is 7320. The van der Waals surface area contributed by atoms with Gasteiger partial charge in [-0.3, -0.25) is 48.1 Å². The summed E-state index contributed by atoms with van der Waals surface area (Å²) >= 11 is 12.2. The zero-order valence-electron chi connectivity index (χ0n) is 74.7. The van der Waals surface area contributed by atoms with E-state index in [1.807, 2.05) is 11.4 Å². The monoisotopic (exact) mass is 1990 g/mol. The highest BCUT2D eigenvalue weighted by Gasteiger charge is 2.63. The number of alkyl halides is 9. The van der Waals surface area contributed by atoms with Crippen molar-refractivity contribution in [3.8, 4) is 39.4 Å². The van der Waals surface area contributed by atoms with E-state index in [-0.39, 0.29) is 53.8 Å². The number of ether oxygens (including phenoxy) is 3. The molecule has 0 spiro atoms. The standard InChI is InChI=1S/C34H27ClF5N5O5.C31H22ClF5N4O3.C31H30F5N5O5/c1-44-16-23(31(47)45(2)33(44)49)22-11-8-18(21-5-4-12-41-28(21)22)13-26(32(48)50-3)43-30(46)27-24(36)14-20(15-25(27)37)42-29(34(38,39)40)17-6-9-19(35)10-7-17;1-44-29(43)25(40-28(42)26-23(33)13-18(14-24(26)34)41-30(8-9-30)31(35,36)37)12-17-5-7-21(27-19(17)3-2-10-39-27)20-6-4-16(15-38)11-22(20)32;1-6-23(31(34,35)36)38-17-13-20(32)25(21(33)14-17)27(42)39-22(29(44)46-5)12-16-9-10-19(26-18(16)8-7-11-37-26)24-15(2)40(3)30(45)41(4)28(24)43/h4-12,14-16,26,29,42H,13H2,1-3H3,(H,43,46);2-7,10-11,13-14,25,41H,8-9,12H2,1H3,(H,40,42);7-11,13-14,22-23,38H,6,12H2,1-5H3,(H,39,42)/t26-,29+;25-;22-,23+/m000/s1. The highest BCUT2D eigenvalue weighted by molar-refractivity contribution is 6.34. The smallest absolute Gasteiger partial charge is 0.412 e. The van der Waals surface area contributed by atoms with Crippen LogP contribution in [0.5, 0.6) is 0 Å². The molecule has 1 aliphatic rings. The van der Waals surface area contributed by atoms with Crippen LogP contribution in [0.3, 0.4) is 0 Å². The van der Waals surface area contributed by atoms with Gasteiger partial charge in [0.05, 0.1) is 60.6 Å². The lowest BCUT2D eigenvalue weighted by Crippen LogP contribution is -2.43. The van der Waals surface area contributed by atoms with E-state index in [0.717, 1.165) is 42.6 Å². The molecule has 3 amide bonds. The summed E-state index contributed by atoms with van der Waals surface area (Å²) in [6.07, 6.45) is -9.90. The first kappa shape index (κ1) is 104. The number of carbonyl (C=O) groups is 6. The Hall–Kier alpha value is -15.4. The number of fused-ring (bicyclic) bond motifs is 3. The number of rotatable bonds is 26. The Morgan fingerprint density at radius 3 is 1.24 bits per heavy atom. The maximum absolute atomic E-state index is 15.2. The molecule has 140 heavy (non-hydrogen) atoms. The predicted molar refractivity (Wildman–Crippen MR) is 486 cm³/mol. The van der Waals surface area contributed by atoms with E-state index in [2.05, 4.69) is 41.5 Å². The summed E-state index contributed by atoms with van der Waals surface area (Å²) in [5.41, 5.74) is -3.92. The van der Waals surface area contributed by atoms with Gasteiger partial charge in [-0.25, -0.2) is 50.3 Å². The van der Waals surface area contributed by atoms with Gasteiger partial charge in [-0.1, -0.05) is 103 Å². The number of esters is 3. The van der Waals surface area contributed by atoms with E-state index < -0.39 is 187 Å². The Morgan fingerprint density at radius 2 is 0.864 bits per heavy atom. The molecule has 6 N–H and O–H groups in total. The second-order valence-electron chi connectivity index (χ2n) is 32.0. The molecular weight excluding hydrogens is 1910 g/mol. The summed E-state index contributed by atoms with van der Waals surface area (Å²) < 4.78 is 230. The lowest BCUT2D eigenvalue weighted by molar-refractivity contribution is -0.151. The number of hydrogen-bond donors (Lipinski definition) is 6. The van der Waals surface area contributed by atoms with Crippen LogP contribution in [0.25, 0.3) is 66.1 Å². The summed E-state index contributed by atoms with van der Waals surface area (Å²) in [7, 11) is 8.85. The van der Waals surface area contributed by atoms with Gasteiger partial charge in [0.2, 0.25) is 0 Å². The maximum atomic E-state index is 15.2. The number of hydrogen-bond acceptors (Lipinski definition) is 20. The number of methoxy groups -OCH3 is 3. The van der Waals surface area contributed by atoms with Crippen molar-refractivity contribution in [3.63, 3.8) is 0 Å². The molecule has 13 aromatic rings. The predicted octanol–water partition coefficient (Wildman–Crippen LogP) is 16.3. The molecule has 730 valence electrons. The molecule has 1 fully saturated rings. The van der Waals surface area contributed by atoms with Gasteiger partial charge in [-0.2, -0.15) is 44.8 Å². The summed E-state index contributed by atoms with van der Waals surface area (Å²) in [5.74, 6) is -15.6. The number of pyridine rings is 3. The molecule has 5 atom stereocenters. The molecule has 8 aromatic carbocycles. The van der Waals surface area contributed by atoms with Crippen LogP contribution in [-0.4, -0.2) is 138 Å². The molecule has 0 bridgehead atoms. The van der Waals surface area contributed by atoms with Crippen molar-refractivity contribution in [3.05, 3.63) is 313 Å². The zero-order valence-corrected chi connectivity index (χ0v) is 76.2. The normalized spacial score (nSPS) is 13.3. The molecule has 0 saturated heterocycles. The molecule has 0 unspecified atom stereocenters. The number of anilines is 3. The van der Waals surface area contributed by atoms with Gasteiger partial charge in [0.25, 0.3) is 28.8 Å². The highest BCUT2D eigenvalue weighted by Crippen LogP contribution is 2.52. The fourth-order valence-corrected chi connectivity index (χ4v) is 16.0. The third-order valence-corrected chi connectivity index (χ3v) is 23.6. The van der Waals surface area contributed by atoms with E-state index in [1.165, 1.54) is 81.0 Å². The highest BCUT2D eigenvalue weighted by atomic mass is 35.5. The van der Waals surface area contributed by atoms with Gasteiger partial charge >= 0.3 is 47.8 Å². The van der Waals surface area contributed by atoms with Gasteiger partial charge in [0.15, 0.2) is 0 Å². The molecular formula is C96H79Cl2F15N14O13. The Morgan fingerprint density at radius 1 is 0.479 bits per heavy atom. The average Bonchev–Trinajstić information content (AvgIpc) is 1.68. The van der Waals surface area contributed by atoms with Crippen molar-refractivity contribution in [2.45, 2.75) is 107 Å². The molecule has 27 nitrogen and oxygen atoms in total. The lowest BCUT2D eigenvalue weighted by atomic mass is 9.94. The Kier molecular flexibility index (Phi) is 31.3. The van der Waals surface area contributed by atoms with Crippen LogP contribution in [0.2, 0.25) is 10.0 Å². The minimum atomic E-state index is -4.88. The second kappa shape index (κ2) is 42.3. The van der Waals surface area contributed by atoms with Gasteiger partial charge in [-0.05, 0) is 127 Å². The number of nitrogens with one attached hydrogen (secondary N) is 6. The van der Waals surface area contributed by atoms with E-state index >= 15 is 8.78 Å². The van der Waals surface area contributed by atoms with Gasteiger partial charge in [-0.15, -0.1) is 0 Å².